The van der Waals surface area contributed by atoms with E-state index < -0.39 is 0 Å². The van der Waals surface area contributed by atoms with Crippen molar-refractivity contribution in [3.63, 3.8) is 0 Å². The molecule has 13 heavy (non-hydrogen) atoms. The van der Waals surface area contributed by atoms with Gasteiger partial charge in [0, 0.05) is 0 Å². The van der Waals surface area contributed by atoms with Crippen LogP contribution >= 0.6 is 0 Å². The number of hydrogen-bond acceptors (Lipinski definition) is 0. The van der Waals surface area contributed by atoms with Crippen molar-refractivity contribution in [2.45, 2.75) is 60.8 Å². The van der Waals surface area contributed by atoms with Crippen molar-refractivity contribution in [3.8, 4) is 0 Å². The largest absolute Gasteiger partial charge is 0.0651 e. The highest BCUT2D eigenvalue weighted by atomic mass is 14.5. The first kappa shape index (κ1) is 11.1. The summed E-state index contributed by atoms with van der Waals surface area (Å²) in [7, 11) is 0. The first-order chi connectivity index (χ1) is 5.84. The lowest BCUT2D eigenvalue weighted by Gasteiger charge is -2.46. The second kappa shape index (κ2) is 3.29. The summed E-state index contributed by atoms with van der Waals surface area (Å²) in [4.78, 5) is 0. The highest BCUT2D eigenvalue weighted by Gasteiger charge is 2.49. The predicted octanol–water partition coefficient (Wildman–Crippen LogP) is 4.49. The standard InChI is InChI=1S/C13H26/c1-7-10(2)12(3,4)13(5,6)11-8-9-11/h10-11H,7-9H2,1-6H3. The topological polar surface area (TPSA) is 0 Å². The predicted molar refractivity (Wildman–Crippen MR) is 59.7 cm³/mol. The van der Waals surface area contributed by atoms with Crippen molar-refractivity contribution in [3.05, 3.63) is 0 Å². The summed E-state index contributed by atoms with van der Waals surface area (Å²) in [5.41, 5.74) is 1.02. The molecule has 1 unspecified atom stereocenters. The van der Waals surface area contributed by atoms with E-state index in [0.717, 1.165) is 11.8 Å². The number of rotatable bonds is 4. The second-order valence-electron chi connectivity index (χ2n) is 6.03. The Labute approximate surface area is 84.1 Å². The van der Waals surface area contributed by atoms with E-state index in [-0.39, 0.29) is 0 Å². The average molecular weight is 182 g/mol. The number of hydrogen-bond donors (Lipinski definition) is 0. The summed E-state index contributed by atoms with van der Waals surface area (Å²) in [5, 5.41) is 0. The van der Waals surface area contributed by atoms with Crippen LogP contribution in [0, 0.1) is 22.7 Å². The monoisotopic (exact) mass is 182 g/mol. The van der Waals surface area contributed by atoms with E-state index in [4.69, 9.17) is 0 Å². The fourth-order valence-corrected chi connectivity index (χ4v) is 2.48. The van der Waals surface area contributed by atoms with Crippen molar-refractivity contribution in [1.29, 1.82) is 0 Å². The Morgan fingerprint density at radius 3 is 1.92 bits per heavy atom. The van der Waals surface area contributed by atoms with Crippen LogP contribution in [0.5, 0.6) is 0 Å². The first-order valence-corrected chi connectivity index (χ1v) is 5.84. The van der Waals surface area contributed by atoms with Crippen LogP contribution in [-0.4, -0.2) is 0 Å². The van der Waals surface area contributed by atoms with E-state index in [9.17, 15) is 0 Å². The van der Waals surface area contributed by atoms with Gasteiger partial charge in [0.2, 0.25) is 0 Å². The molecule has 1 atom stereocenters. The van der Waals surface area contributed by atoms with Gasteiger partial charge in [0.1, 0.15) is 0 Å². The van der Waals surface area contributed by atoms with Crippen molar-refractivity contribution >= 4 is 0 Å². The smallest absolute Gasteiger partial charge is 0.0272 e. The summed E-state index contributed by atoms with van der Waals surface area (Å²) >= 11 is 0. The third-order valence-corrected chi connectivity index (χ3v) is 5.10. The van der Waals surface area contributed by atoms with Gasteiger partial charge in [0.15, 0.2) is 0 Å². The molecule has 0 radical (unpaired) electrons. The molecule has 0 aromatic heterocycles. The zero-order valence-electron chi connectivity index (χ0n) is 10.3. The molecule has 0 heterocycles. The van der Waals surface area contributed by atoms with Gasteiger partial charge < -0.3 is 0 Å². The van der Waals surface area contributed by atoms with Crippen molar-refractivity contribution in [2.24, 2.45) is 22.7 Å². The Balaban J connectivity index is 2.76. The maximum atomic E-state index is 2.47. The van der Waals surface area contributed by atoms with Gasteiger partial charge in [-0.1, -0.05) is 48.0 Å². The van der Waals surface area contributed by atoms with E-state index in [2.05, 4.69) is 41.5 Å². The van der Waals surface area contributed by atoms with Crippen LogP contribution in [0.1, 0.15) is 60.8 Å². The lowest BCUT2D eigenvalue weighted by molar-refractivity contribution is 0.0254. The Morgan fingerprint density at radius 2 is 1.62 bits per heavy atom. The molecule has 0 saturated heterocycles. The van der Waals surface area contributed by atoms with Gasteiger partial charge in [0.05, 0.1) is 0 Å². The summed E-state index contributed by atoms with van der Waals surface area (Å²) in [6.07, 6.45) is 4.24. The lowest BCUT2D eigenvalue weighted by atomic mass is 9.59. The molecule has 0 aromatic carbocycles. The molecule has 0 aliphatic heterocycles. The molecule has 1 saturated carbocycles. The van der Waals surface area contributed by atoms with E-state index >= 15 is 0 Å². The van der Waals surface area contributed by atoms with Crippen LogP contribution in [0.2, 0.25) is 0 Å². The fourth-order valence-electron chi connectivity index (χ4n) is 2.48. The molecular weight excluding hydrogens is 156 g/mol. The highest BCUT2D eigenvalue weighted by molar-refractivity contribution is 4.98. The van der Waals surface area contributed by atoms with E-state index in [1.165, 1.54) is 19.3 Å². The Bertz CT molecular complexity index is 172. The minimum absolute atomic E-state index is 0.489. The first-order valence-electron chi connectivity index (χ1n) is 5.84. The Kier molecular flexibility index (Phi) is 2.81. The SMILES string of the molecule is CCC(C)C(C)(C)C(C)(C)C1CC1. The van der Waals surface area contributed by atoms with Gasteiger partial charge >= 0.3 is 0 Å². The summed E-state index contributed by atoms with van der Waals surface area (Å²) in [6.45, 7) is 14.6. The van der Waals surface area contributed by atoms with E-state index in [1.807, 2.05) is 0 Å². The summed E-state index contributed by atoms with van der Waals surface area (Å²) in [6, 6.07) is 0. The molecule has 0 nitrogen and oxygen atoms in total. The maximum Gasteiger partial charge on any atom is -0.0272 e. The highest BCUT2D eigenvalue weighted by Crippen LogP contribution is 2.57. The van der Waals surface area contributed by atoms with Gasteiger partial charge in [-0.15, -0.1) is 0 Å². The van der Waals surface area contributed by atoms with Crippen molar-refractivity contribution < 1.29 is 0 Å². The third-order valence-electron chi connectivity index (χ3n) is 5.10. The molecule has 0 amide bonds. The zero-order valence-corrected chi connectivity index (χ0v) is 10.3. The van der Waals surface area contributed by atoms with Gasteiger partial charge in [-0.3, -0.25) is 0 Å². The molecule has 0 heteroatoms. The van der Waals surface area contributed by atoms with Crippen LogP contribution in [-0.2, 0) is 0 Å². The molecule has 1 aliphatic carbocycles. The van der Waals surface area contributed by atoms with Crippen molar-refractivity contribution in [1.82, 2.24) is 0 Å². The molecular formula is C13H26. The molecule has 0 spiro atoms. The molecule has 78 valence electrons. The minimum Gasteiger partial charge on any atom is -0.0651 e. The second-order valence-corrected chi connectivity index (χ2v) is 6.03. The van der Waals surface area contributed by atoms with Crippen molar-refractivity contribution in [2.75, 3.05) is 0 Å². The van der Waals surface area contributed by atoms with Gasteiger partial charge in [0.25, 0.3) is 0 Å². The molecule has 1 rings (SSSR count). The van der Waals surface area contributed by atoms with E-state index in [0.29, 0.717) is 10.8 Å². The third kappa shape index (κ3) is 1.78. The molecule has 0 bridgehead atoms. The van der Waals surface area contributed by atoms with Crippen LogP contribution in [0.4, 0.5) is 0 Å². The van der Waals surface area contributed by atoms with Gasteiger partial charge in [-0.05, 0) is 35.5 Å². The summed E-state index contributed by atoms with van der Waals surface area (Å²) in [5.74, 6) is 1.83. The Morgan fingerprint density at radius 1 is 1.15 bits per heavy atom. The van der Waals surface area contributed by atoms with Crippen LogP contribution in [0.25, 0.3) is 0 Å². The van der Waals surface area contributed by atoms with Crippen LogP contribution in [0.3, 0.4) is 0 Å². The van der Waals surface area contributed by atoms with Gasteiger partial charge in [-0.25, -0.2) is 0 Å². The summed E-state index contributed by atoms with van der Waals surface area (Å²) < 4.78 is 0. The normalized spacial score (nSPS) is 21.7. The minimum atomic E-state index is 0.489. The van der Waals surface area contributed by atoms with Gasteiger partial charge in [-0.2, -0.15) is 0 Å². The molecule has 0 aromatic rings. The average Bonchev–Trinajstić information content (AvgIpc) is 2.84. The van der Waals surface area contributed by atoms with Crippen LogP contribution in [0.15, 0.2) is 0 Å². The van der Waals surface area contributed by atoms with Crippen LogP contribution < -0.4 is 0 Å². The maximum absolute atomic E-state index is 2.47. The Hall–Kier alpha value is 0. The van der Waals surface area contributed by atoms with E-state index in [1.54, 1.807) is 0 Å². The lowest BCUT2D eigenvalue weighted by Crippen LogP contribution is -2.39. The fraction of sp³-hybridized carbons (Fsp3) is 1.00. The zero-order chi connectivity index (χ0) is 10.3. The molecule has 0 N–H and O–H groups in total. The quantitative estimate of drug-likeness (QED) is 0.600. The molecule has 1 fully saturated rings. The molecule has 1 aliphatic rings.